The molecule has 0 fully saturated rings. The van der Waals surface area contributed by atoms with E-state index in [4.69, 9.17) is 16.9 Å². The van der Waals surface area contributed by atoms with Gasteiger partial charge in [-0.2, -0.15) is 13.2 Å². The van der Waals surface area contributed by atoms with E-state index in [0.717, 1.165) is 6.21 Å². The molecule has 0 aliphatic heterocycles. The third-order valence-corrected chi connectivity index (χ3v) is 4.53. The molecular formula is C22H26F3N9O2. The summed E-state index contributed by atoms with van der Waals surface area (Å²) in [6.45, 7) is 0.105. The summed E-state index contributed by atoms with van der Waals surface area (Å²) in [5.41, 5.74) is 13.1. The van der Waals surface area contributed by atoms with Gasteiger partial charge in [-0.05, 0) is 25.1 Å². The maximum absolute atomic E-state index is 12.3. The summed E-state index contributed by atoms with van der Waals surface area (Å²) >= 11 is 0. The number of aromatic amines is 1. The van der Waals surface area contributed by atoms with Crippen LogP contribution in [0.15, 0.2) is 52.8 Å². The summed E-state index contributed by atoms with van der Waals surface area (Å²) in [5, 5.41) is 14.2. The van der Waals surface area contributed by atoms with Crippen LogP contribution in [0, 0.1) is 5.41 Å². The number of rotatable bonds is 10. The molecule has 1 heterocycles. The van der Waals surface area contributed by atoms with Crippen LogP contribution in [0.1, 0.15) is 12.7 Å². The molecule has 2 rings (SSSR count). The zero-order chi connectivity index (χ0) is 26.7. The molecule has 11 nitrogen and oxygen atoms in total. The first-order valence-corrected chi connectivity index (χ1v) is 10.5. The van der Waals surface area contributed by atoms with Gasteiger partial charge in [0.15, 0.2) is 0 Å². The number of carbonyl (C=O) groups is 2. The van der Waals surface area contributed by atoms with Crippen molar-refractivity contribution < 1.29 is 22.8 Å². The second kappa shape index (κ2) is 12.9. The lowest BCUT2D eigenvalue weighted by molar-refractivity contribution is -0.123. The van der Waals surface area contributed by atoms with E-state index in [1.165, 1.54) is 24.7 Å². The van der Waals surface area contributed by atoms with Crippen molar-refractivity contribution in [3.63, 3.8) is 0 Å². The van der Waals surface area contributed by atoms with Gasteiger partial charge in [-0.15, -0.1) is 0 Å². The zero-order valence-corrected chi connectivity index (χ0v) is 19.2. The number of anilines is 1. The number of nitrogens with one attached hydrogen (secondary N) is 5. The second-order valence-electron chi connectivity index (χ2n) is 7.25. The van der Waals surface area contributed by atoms with Gasteiger partial charge < -0.3 is 37.8 Å². The highest BCUT2D eigenvalue weighted by atomic mass is 19.4. The number of nitrogens with zero attached hydrogens (tertiary/aromatic N) is 2. The molecule has 192 valence electrons. The molecule has 1 unspecified atom stereocenters. The predicted molar refractivity (Wildman–Crippen MR) is 131 cm³/mol. The van der Waals surface area contributed by atoms with Crippen molar-refractivity contribution >= 4 is 36.1 Å². The number of imidazole rings is 1. The fourth-order valence-electron chi connectivity index (χ4n) is 2.75. The number of halogens is 3. The van der Waals surface area contributed by atoms with E-state index < -0.39 is 24.8 Å². The molecule has 0 aliphatic rings. The minimum atomic E-state index is -4.52. The van der Waals surface area contributed by atoms with Gasteiger partial charge in [0.05, 0.1) is 18.6 Å². The Balaban J connectivity index is 2.16. The topological polar surface area (TPSA) is 187 Å². The first-order valence-electron chi connectivity index (χ1n) is 10.5. The van der Waals surface area contributed by atoms with Crippen LogP contribution in [0.4, 0.5) is 23.7 Å². The standard InChI is InChI=1S/C22H26F3N9O2/c1-13(20(35)32-12-28)29-9-16(8-27)15(7-26)6-19-30-10-18(34-19)14-3-2-4-17(5-14)33-21(36)31-11-22(23,24)25/h2-10,13,26H,11-12,27-28H2,1H3,(H,30,34)(H,32,35)(H2,31,33,36)/b15-6+,16-8?,26-7?,29-9?. The minimum absolute atomic E-state index is 0.0189. The van der Waals surface area contributed by atoms with Gasteiger partial charge in [0.1, 0.15) is 18.4 Å². The normalized spacial score (nSPS) is 13.4. The number of aromatic nitrogens is 2. The lowest BCUT2D eigenvalue weighted by Gasteiger charge is -2.10. The number of benzene rings is 1. The SMILES string of the molecule is CC(N=CC(=CN)/C(C=N)=C/c1ncc(-c2cccc(NC(=O)NCC(F)(F)F)c2)[nH]1)C(=O)NCN. The number of H-pyrrole nitrogens is 1. The van der Waals surface area contributed by atoms with Crippen molar-refractivity contribution in [2.75, 3.05) is 18.5 Å². The third-order valence-electron chi connectivity index (χ3n) is 4.53. The van der Waals surface area contributed by atoms with Crippen LogP contribution in [0.5, 0.6) is 0 Å². The molecule has 2 aromatic rings. The molecule has 0 aliphatic carbocycles. The molecule has 9 N–H and O–H groups in total. The zero-order valence-electron chi connectivity index (χ0n) is 19.2. The summed E-state index contributed by atoms with van der Waals surface area (Å²) in [7, 11) is 0. The van der Waals surface area contributed by atoms with E-state index in [1.54, 1.807) is 36.5 Å². The van der Waals surface area contributed by atoms with Crippen LogP contribution >= 0.6 is 0 Å². The Kier molecular flexibility index (Phi) is 9.92. The first kappa shape index (κ1) is 27.8. The molecule has 0 saturated carbocycles. The molecule has 1 aromatic heterocycles. The Bertz CT molecular complexity index is 1170. The van der Waals surface area contributed by atoms with Crippen molar-refractivity contribution in [1.29, 1.82) is 5.41 Å². The van der Waals surface area contributed by atoms with Crippen LogP contribution in [-0.2, 0) is 4.79 Å². The Hall–Kier alpha value is -4.46. The van der Waals surface area contributed by atoms with Gasteiger partial charge in [0.2, 0.25) is 5.91 Å². The number of hydrogen-bond acceptors (Lipinski definition) is 7. The highest BCUT2D eigenvalue weighted by Crippen LogP contribution is 2.22. The van der Waals surface area contributed by atoms with Crippen molar-refractivity contribution in [2.24, 2.45) is 16.5 Å². The maximum Gasteiger partial charge on any atom is 0.405 e. The Labute approximate surface area is 204 Å². The van der Waals surface area contributed by atoms with E-state index in [1.807, 2.05) is 0 Å². The molecule has 1 aromatic carbocycles. The van der Waals surface area contributed by atoms with Gasteiger partial charge >= 0.3 is 12.2 Å². The highest BCUT2D eigenvalue weighted by molar-refractivity contribution is 6.01. The average Bonchev–Trinajstić information content (AvgIpc) is 3.30. The number of alkyl halides is 3. The fourth-order valence-corrected chi connectivity index (χ4v) is 2.75. The van der Waals surface area contributed by atoms with E-state index in [9.17, 15) is 22.8 Å². The largest absolute Gasteiger partial charge is 0.405 e. The van der Waals surface area contributed by atoms with Gasteiger partial charge in [-0.1, -0.05) is 12.1 Å². The van der Waals surface area contributed by atoms with Crippen molar-refractivity contribution in [3.8, 4) is 11.3 Å². The molecule has 0 saturated heterocycles. The molecule has 3 amide bonds. The smallest absolute Gasteiger partial charge is 0.404 e. The molecule has 0 bridgehead atoms. The maximum atomic E-state index is 12.3. The molecular weight excluding hydrogens is 479 g/mol. The second-order valence-corrected chi connectivity index (χ2v) is 7.25. The number of amides is 3. The number of aliphatic imine (C=N–C) groups is 1. The van der Waals surface area contributed by atoms with Gasteiger partial charge in [0.25, 0.3) is 0 Å². The quantitative estimate of drug-likeness (QED) is 0.148. The van der Waals surface area contributed by atoms with Crippen molar-refractivity contribution in [2.45, 2.75) is 19.1 Å². The van der Waals surface area contributed by atoms with Crippen LogP contribution in [0.3, 0.4) is 0 Å². The lowest BCUT2D eigenvalue weighted by Crippen LogP contribution is -2.36. The summed E-state index contributed by atoms with van der Waals surface area (Å²) in [6, 6.07) is 4.68. The van der Waals surface area contributed by atoms with Crippen LogP contribution in [0.25, 0.3) is 17.3 Å². The monoisotopic (exact) mass is 505 g/mol. The summed E-state index contributed by atoms with van der Waals surface area (Å²) in [6.07, 6.45) is 2.17. The molecule has 1 atom stereocenters. The Morgan fingerprint density at radius 2 is 2.03 bits per heavy atom. The number of urea groups is 1. The van der Waals surface area contributed by atoms with Crippen LogP contribution in [-0.4, -0.2) is 59.8 Å². The van der Waals surface area contributed by atoms with Gasteiger partial charge in [-0.3, -0.25) is 9.79 Å². The van der Waals surface area contributed by atoms with Crippen LogP contribution < -0.4 is 27.4 Å². The predicted octanol–water partition coefficient (Wildman–Crippen LogP) is 2.13. The fraction of sp³-hybridized carbons (Fsp3) is 0.227. The Morgan fingerprint density at radius 3 is 2.67 bits per heavy atom. The summed E-state index contributed by atoms with van der Waals surface area (Å²) < 4.78 is 36.8. The third kappa shape index (κ3) is 8.72. The number of hydrogen-bond donors (Lipinski definition) is 7. The van der Waals surface area contributed by atoms with E-state index in [0.29, 0.717) is 28.2 Å². The summed E-state index contributed by atoms with van der Waals surface area (Å²) in [4.78, 5) is 34.9. The van der Waals surface area contributed by atoms with E-state index >= 15 is 0 Å². The number of nitrogens with two attached hydrogens (primary N) is 2. The van der Waals surface area contributed by atoms with E-state index in [2.05, 4.69) is 25.6 Å². The van der Waals surface area contributed by atoms with Crippen LogP contribution in [0.2, 0.25) is 0 Å². The summed E-state index contributed by atoms with van der Waals surface area (Å²) in [5.74, 6) is 0.00203. The van der Waals surface area contributed by atoms with E-state index in [-0.39, 0.29) is 18.3 Å². The lowest BCUT2D eigenvalue weighted by atomic mass is 10.1. The minimum Gasteiger partial charge on any atom is -0.404 e. The molecule has 0 radical (unpaired) electrons. The first-order chi connectivity index (χ1) is 17.1. The Morgan fingerprint density at radius 1 is 1.28 bits per heavy atom. The molecule has 36 heavy (non-hydrogen) atoms. The average molecular weight is 506 g/mol. The van der Waals surface area contributed by atoms with Gasteiger partial charge in [-0.25, -0.2) is 9.78 Å². The van der Waals surface area contributed by atoms with Crippen molar-refractivity contribution in [3.05, 3.63) is 53.6 Å². The van der Waals surface area contributed by atoms with Crippen molar-refractivity contribution in [1.82, 2.24) is 20.6 Å². The van der Waals surface area contributed by atoms with Gasteiger partial charge in [0, 0.05) is 41.0 Å². The molecule has 14 heteroatoms. The highest BCUT2D eigenvalue weighted by Gasteiger charge is 2.27. The molecule has 0 spiro atoms. The number of allylic oxidation sites excluding steroid dienone is 2. The number of carbonyl (C=O) groups excluding carboxylic acids is 2.